The Balaban J connectivity index is 1.59. The molecule has 2 saturated carbocycles. The minimum atomic E-state index is -0.384. The number of nitrogens with one attached hydrogen (secondary N) is 2. The van der Waals surface area contributed by atoms with E-state index in [1.807, 2.05) is 0 Å². The van der Waals surface area contributed by atoms with Crippen LogP contribution in [0.5, 0.6) is 0 Å². The van der Waals surface area contributed by atoms with Crippen molar-refractivity contribution < 1.29 is 4.79 Å². The molecule has 0 spiro atoms. The molecule has 1 amide bonds. The van der Waals surface area contributed by atoms with E-state index in [1.54, 1.807) is 12.4 Å². The van der Waals surface area contributed by atoms with Crippen LogP contribution in [-0.4, -0.2) is 28.0 Å². The molecule has 0 bridgehead atoms. The van der Waals surface area contributed by atoms with Gasteiger partial charge in [-0.1, -0.05) is 12.8 Å². The smallest absolute Gasteiger partial charge is 0.240 e. The van der Waals surface area contributed by atoms with Crippen molar-refractivity contribution in [3.63, 3.8) is 0 Å². The standard InChI is InChI=1S/C15H22N4O/c20-14(18-9-12-3-4-12)15(5-1-2-6-15)19-10-13-7-16-11-17-8-13/h7-8,11-12,19H,1-6,9-10H2,(H,18,20). The van der Waals surface area contributed by atoms with Crippen molar-refractivity contribution in [2.75, 3.05) is 6.54 Å². The first-order valence-corrected chi connectivity index (χ1v) is 7.56. The maximum absolute atomic E-state index is 12.5. The Kier molecular flexibility index (Phi) is 3.96. The van der Waals surface area contributed by atoms with Crippen molar-refractivity contribution in [1.82, 2.24) is 20.6 Å². The van der Waals surface area contributed by atoms with Crippen LogP contribution < -0.4 is 10.6 Å². The van der Waals surface area contributed by atoms with Gasteiger partial charge in [-0.3, -0.25) is 10.1 Å². The lowest BCUT2D eigenvalue weighted by Crippen LogP contribution is -2.55. The van der Waals surface area contributed by atoms with Gasteiger partial charge in [0.15, 0.2) is 0 Å². The molecule has 2 aliphatic rings. The summed E-state index contributed by atoms with van der Waals surface area (Å²) >= 11 is 0. The number of carbonyl (C=O) groups excluding carboxylic acids is 1. The Morgan fingerprint density at radius 1 is 1.25 bits per heavy atom. The Labute approximate surface area is 119 Å². The lowest BCUT2D eigenvalue weighted by molar-refractivity contribution is -0.127. The van der Waals surface area contributed by atoms with Crippen molar-refractivity contribution in [2.24, 2.45) is 5.92 Å². The fourth-order valence-corrected chi connectivity index (χ4v) is 2.88. The summed E-state index contributed by atoms with van der Waals surface area (Å²) in [5, 5.41) is 6.59. The van der Waals surface area contributed by atoms with E-state index < -0.39 is 0 Å². The Bertz CT molecular complexity index is 452. The molecule has 0 aliphatic heterocycles. The van der Waals surface area contributed by atoms with Crippen LogP contribution in [0.3, 0.4) is 0 Å². The van der Waals surface area contributed by atoms with E-state index in [2.05, 4.69) is 20.6 Å². The van der Waals surface area contributed by atoms with Gasteiger partial charge in [-0.2, -0.15) is 0 Å². The van der Waals surface area contributed by atoms with E-state index in [0.29, 0.717) is 6.54 Å². The molecule has 2 fully saturated rings. The average molecular weight is 274 g/mol. The van der Waals surface area contributed by atoms with Gasteiger partial charge in [0.1, 0.15) is 6.33 Å². The monoisotopic (exact) mass is 274 g/mol. The highest BCUT2D eigenvalue weighted by Gasteiger charge is 2.40. The van der Waals surface area contributed by atoms with Gasteiger partial charge in [-0.25, -0.2) is 9.97 Å². The zero-order valence-corrected chi connectivity index (χ0v) is 11.8. The molecule has 5 heteroatoms. The molecular formula is C15H22N4O. The molecule has 0 radical (unpaired) electrons. The number of hydrogen-bond donors (Lipinski definition) is 2. The van der Waals surface area contributed by atoms with Crippen LogP contribution in [0, 0.1) is 5.92 Å². The van der Waals surface area contributed by atoms with E-state index in [9.17, 15) is 4.79 Å². The summed E-state index contributed by atoms with van der Waals surface area (Å²) in [5.74, 6) is 0.902. The fourth-order valence-electron chi connectivity index (χ4n) is 2.88. The molecule has 3 rings (SSSR count). The molecule has 5 nitrogen and oxygen atoms in total. The minimum Gasteiger partial charge on any atom is -0.354 e. The zero-order valence-electron chi connectivity index (χ0n) is 11.8. The summed E-state index contributed by atoms with van der Waals surface area (Å²) in [4.78, 5) is 20.5. The largest absolute Gasteiger partial charge is 0.354 e. The highest BCUT2D eigenvalue weighted by atomic mass is 16.2. The minimum absolute atomic E-state index is 0.179. The number of nitrogens with zero attached hydrogens (tertiary/aromatic N) is 2. The first-order chi connectivity index (χ1) is 9.78. The lowest BCUT2D eigenvalue weighted by Gasteiger charge is -2.29. The third-order valence-corrected chi connectivity index (χ3v) is 4.38. The zero-order chi connectivity index (χ0) is 13.8. The van der Waals surface area contributed by atoms with Crippen LogP contribution >= 0.6 is 0 Å². The normalized spacial score (nSPS) is 20.8. The van der Waals surface area contributed by atoms with Crippen molar-refractivity contribution in [3.05, 3.63) is 24.3 Å². The second-order valence-corrected chi connectivity index (χ2v) is 6.04. The third-order valence-electron chi connectivity index (χ3n) is 4.38. The molecule has 1 heterocycles. The highest BCUT2D eigenvalue weighted by Crippen LogP contribution is 2.31. The van der Waals surface area contributed by atoms with Crippen LogP contribution in [0.15, 0.2) is 18.7 Å². The van der Waals surface area contributed by atoms with Crippen molar-refractivity contribution in [3.8, 4) is 0 Å². The van der Waals surface area contributed by atoms with Gasteiger partial charge in [0.25, 0.3) is 0 Å². The molecule has 0 unspecified atom stereocenters. The molecule has 2 N–H and O–H groups in total. The van der Waals surface area contributed by atoms with Crippen molar-refractivity contribution in [1.29, 1.82) is 0 Å². The second kappa shape index (κ2) is 5.87. The summed E-state index contributed by atoms with van der Waals surface area (Å²) in [6.45, 7) is 1.49. The van der Waals surface area contributed by atoms with Crippen molar-refractivity contribution in [2.45, 2.75) is 50.6 Å². The average Bonchev–Trinajstić information content (AvgIpc) is 3.20. The predicted octanol–water partition coefficient (Wildman–Crippen LogP) is 1.41. The van der Waals surface area contributed by atoms with Crippen LogP contribution in [0.2, 0.25) is 0 Å². The van der Waals surface area contributed by atoms with E-state index in [-0.39, 0.29) is 11.4 Å². The van der Waals surface area contributed by atoms with Gasteiger partial charge in [0.05, 0.1) is 5.54 Å². The van der Waals surface area contributed by atoms with Gasteiger partial charge in [-0.15, -0.1) is 0 Å². The topological polar surface area (TPSA) is 66.9 Å². The van der Waals surface area contributed by atoms with Gasteiger partial charge in [0, 0.05) is 31.0 Å². The molecule has 0 saturated heterocycles. The van der Waals surface area contributed by atoms with E-state index in [1.165, 1.54) is 19.2 Å². The quantitative estimate of drug-likeness (QED) is 0.823. The maximum atomic E-state index is 12.5. The molecule has 0 aromatic carbocycles. The van der Waals surface area contributed by atoms with E-state index in [0.717, 1.165) is 43.7 Å². The Hall–Kier alpha value is -1.49. The van der Waals surface area contributed by atoms with Crippen LogP contribution in [0.4, 0.5) is 0 Å². The molecule has 0 atom stereocenters. The number of carbonyl (C=O) groups is 1. The van der Waals surface area contributed by atoms with E-state index in [4.69, 9.17) is 0 Å². The molecule has 2 aliphatic carbocycles. The lowest BCUT2D eigenvalue weighted by atomic mass is 9.95. The molecule has 1 aromatic heterocycles. The number of amides is 1. The number of rotatable bonds is 6. The fraction of sp³-hybridized carbons (Fsp3) is 0.667. The predicted molar refractivity (Wildman–Crippen MR) is 75.8 cm³/mol. The van der Waals surface area contributed by atoms with Gasteiger partial charge in [-0.05, 0) is 31.6 Å². The van der Waals surface area contributed by atoms with Crippen molar-refractivity contribution >= 4 is 5.91 Å². The highest BCUT2D eigenvalue weighted by molar-refractivity contribution is 5.86. The molecule has 1 aromatic rings. The van der Waals surface area contributed by atoms with Gasteiger partial charge in [0.2, 0.25) is 5.91 Å². The van der Waals surface area contributed by atoms with Gasteiger partial charge < -0.3 is 5.32 Å². The molecule has 108 valence electrons. The van der Waals surface area contributed by atoms with Crippen LogP contribution in [0.25, 0.3) is 0 Å². The van der Waals surface area contributed by atoms with Gasteiger partial charge >= 0.3 is 0 Å². The van der Waals surface area contributed by atoms with E-state index >= 15 is 0 Å². The summed E-state index contributed by atoms with van der Waals surface area (Å²) in [7, 11) is 0. The first kappa shape index (κ1) is 13.5. The second-order valence-electron chi connectivity index (χ2n) is 6.04. The first-order valence-electron chi connectivity index (χ1n) is 7.56. The maximum Gasteiger partial charge on any atom is 0.240 e. The molecule has 20 heavy (non-hydrogen) atoms. The Morgan fingerprint density at radius 2 is 1.95 bits per heavy atom. The Morgan fingerprint density at radius 3 is 2.60 bits per heavy atom. The summed E-state index contributed by atoms with van der Waals surface area (Å²) in [6.07, 6.45) is 11.7. The molecular weight excluding hydrogens is 252 g/mol. The summed E-state index contributed by atoms with van der Waals surface area (Å²) < 4.78 is 0. The van der Waals surface area contributed by atoms with Crippen LogP contribution in [-0.2, 0) is 11.3 Å². The number of hydrogen-bond acceptors (Lipinski definition) is 4. The van der Waals surface area contributed by atoms with Crippen LogP contribution in [0.1, 0.15) is 44.1 Å². The SMILES string of the molecule is O=C(NCC1CC1)C1(NCc2cncnc2)CCCC1. The summed E-state index contributed by atoms with van der Waals surface area (Å²) in [6, 6.07) is 0. The summed E-state index contributed by atoms with van der Waals surface area (Å²) in [5.41, 5.74) is 0.638. The number of aromatic nitrogens is 2. The third kappa shape index (κ3) is 3.15.